The fourth-order valence-electron chi connectivity index (χ4n) is 5.35. The molecule has 0 aliphatic heterocycles. The van der Waals surface area contributed by atoms with Crippen LogP contribution in [0, 0.1) is 5.41 Å². The number of fused-ring (bicyclic) bond motifs is 1. The van der Waals surface area contributed by atoms with Gasteiger partial charge in [-0.2, -0.15) is 0 Å². The molecule has 0 radical (unpaired) electrons. The molecular weight excluding hydrogens is 530 g/mol. The molecule has 5 rings (SSSR count). The van der Waals surface area contributed by atoms with Gasteiger partial charge < -0.3 is 25.9 Å². The number of H-pyrrole nitrogens is 1. The third-order valence-corrected chi connectivity index (χ3v) is 7.41. The van der Waals surface area contributed by atoms with E-state index in [4.69, 9.17) is 15.9 Å². The summed E-state index contributed by atoms with van der Waals surface area (Å²) in [6, 6.07) is 21.7. The molecule has 0 saturated heterocycles. The standard InChI is InChI=1S/C33H31N5O4/c1-3-21(28-18-37-29-14-19(31(34)35)11-12-24(28)29)22-9-4-5-10-23(22)25-15-27(30(42-2)16-26(25)33(40)41)32(39)38-17-20-8-6-7-13-36-20/h4-16,18,21,37H,3,17H2,1-2H3,(H3,34,35)(H,38,39)(H,40,41). The molecule has 9 nitrogen and oxygen atoms in total. The van der Waals surface area contributed by atoms with Crippen molar-refractivity contribution in [3.63, 3.8) is 0 Å². The fraction of sp³-hybridized carbons (Fsp3) is 0.152. The number of methoxy groups -OCH3 is 1. The Morgan fingerprint density at radius 3 is 2.50 bits per heavy atom. The van der Waals surface area contributed by atoms with E-state index in [1.807, 2.05) is 60.8 Å². The number of amidine groups is 1. The molecule has 6 N–H and O–H groups in total. The van der Waals surface area contributed by atoms with E-state index in [-0.39, 0.29) is 35.2 Å². The second kappa shape index (κ2) is 12.0. The van der Waals surface area contributed by atoms with Gasteiger partial charge in [0.1, 0.15) is 11.6 Å². The van der Waals surface area contributed by atoms with E-state index in [0.29, 0.717) is 22.4 Å². The Balaban J connectivity index is 1.61. The monoisotopic (exact) mass is 561 g/mol. The summed E-state index contributed by atoms with van der Waals surface area (Å²) in [5.41, 5.74) is 11.2. The predicted octanol–water partition coefficient (Wildman–Crippen LogP) is 5.69. The van der Waals surface area contributed by atoms with Crippen LogP contribution in [0.25, 0.3) is 22.0 Å². The van der Waals surface area contributed by atoms with Crippen LogP contribution >= 0.6 is 0 Å². The summed E-state index contributed by atoms with van der Waals surface area (Å²) in [5, 5.41) is 21.8. The molecule has 0 aliphatic carbocycles. The number of rotatable bonds is 10. The number of nitrogens with two attached hydrogens (primary N) is 1. The van der Waals surface area contributed by atoms with Gasteiger partial charge in [-0.15, -0.1) is 0 Å². The summed E-state index contributed by atoms with van der Waals surface area (Å²) >= 11 is 0. The number of carbonyl (C=O) groups excluding carboxylic acids is 1. The van der Waals surface area contributed by atoms with Gasteiger partial charge in [0.2, 0.25) is 0 Å². The minimum Gasteiger partial charge on any atom is -0.496 e. The number of ether oxygens (including phenoxy) is 1. The number of hydrogen-bond donors (Lipinski definition) is 5. The Kier molecular flexibility index (Phi) is 8.01. The maximum absolute atomic E-state index is 13.4. The van der Waals surface area contributed by atoms with Gasteiger partial charge in [-0.1, -0.05) is 49.4 Å². The number of nitrogens with one attached hydrogen (secondary N) is 3. The number of aromatic carboxylic acids is 1. The first-order chi connectivity index (χ1) is 20.3. The van der Waals surface area contributed by atoms with Gasteiger partial charge in [0, 0.05) is 34.8 Å². The molecule has 0 fully saturated rings. The van der Waals surface area contributed by atoms with Crippen molar-refractivity contribution in [1.82, 2.24) is 15.3 Å². The SMILES string of the molecule is CCC(c1ccccc1-c1cc(C(=O)NCc2ccccn2)c(OC)cc1C(=O)O)c1c[nH]c2cc(C(=N)N)ccc12. The number of nitrogens with zero attached hydrogens (tertiary/aromatic N) is 1. The van der Waals surface area contributed by atoms with Crippen molar-refractivity contribution in [2.75, 3.05) is 7.11 Å². The minimum atomic E-state index is -1.13. The van der Waals surface area contributed by atoms with Gasteiger partial charge in [0.05, 0.1) is 30.5 Å². The Morgan fingerprint density at radius 2 is 1.81 bits per heavy atom. The first kappa shape index (κ1) is 28.1. The highest BCUT2D eigenvalue weighted by Crippen LogP contribution is 2.41. The maximum atomic E-state index is 13.4. The second-order valence-electron chi connectivity index (χ2n) is 9.87. The van der Waals surface area contributed by atoms with E-state index < -0.39 is 11.9 Å². The van der Waals surface area contributed by atoms with Gasteiger partial charge in [0.15, 0.2) is 0 Å². The Morgan fingerprint density at radius 1 is 1.02 bits per heavy atom. The molecule has 3 aromatic carbocycles. The van der Waals surface area contributed by atoms with Gasteiger partial charge in [-0.3, -0.25) is 15.2 Å². The topological polar surface area (TPSA) is 154 Å². The Labute approximate surface area is 242 Å². The van der Waals surface area contributed by atoms with E-state index >= 15 is 0 Å². The Bertz CT molecular complexity index is 1800. The van der Waals surface area contributed by atoms with E-state index in [0.717, 1.165) is 28.5 Å². The maximum Gasteiger partial charge on any atom is 0.336 e. The molecule has 0 saturated carbocycles. The zero-order chi connectivity index (χ0) is 29.8. The first-order valence-electron chi connectivity index (χ1n) is 13.5. The second-order valence-corrected chi connectivity index (χ2v) is 9.87. The fourth-order valence-corrected chi connectivity index (χ4v) is 5.35. The lowest BCUT2D eigenvalue weighted by atomic mass is 9.82. The van der Waals surface area contributed by atoms with E-state index in [1.165, 1.54) is 13.2 Å². The number of carbonyl (C=O) groups is 2. The third kappa shape index (κ3) is 5.44. The highest BCUT2D eigenvalue weighted by Gasteiger charge is 2.25. The number of carboxylic acid groups (broad SMARTS) is 1. The number of aromatic amines is 1. The highest BCUT2D eigenvalue weighted by atomic mass is 16.5. The van der Waals surface area contributed by atoms with Crippen LogP contribution in [0.5, 0.6) is 5.75 Å². The van der Waals surface area contributed by atoms with E-state index in [2.05, 4.69) is 22.2 Å². The Hall–Kier alpha value is -5.44. The number of nitrogen functional groups attached to an aromatic ring is 1. The van der Waals surface area contributed by atoms with Gasteiger partial charge >= 0.3 is 5.97 Å². The summed E-state index contributed by atoms with van der Waals surface area (Å²) < 4.78 is 5.46. The minimum absolute atomic E-state index is 0.00832. The molecule has 0 aliphatic rings. The van der Waals surface area contributed by atoms with Crippen molar-refractivity contribution in [2.24, 2.45) is 5.73 Å². The smallest absolute Gasteiger partial charge is 0.336 e. The van der Waals surface area contributed by atoms with Crippen LogP contribution in [-0.2, 0) is 6.54 Å². The molecule has 2 aromatic heterocycles. The first-order valence-corrected chi connectivity index (χ1v) is 13.5. The van der Waals surface area contributed by atoms with Crippen LogP contribution in [0.2, 0.25) is 0 Å². The third-order valence-electron chi connectivity index (χ3n) is 7.41. The van der Waals surface area contributed by atoms with Crippen molar-refractivity contribution in [1.29, 1.82) is 5.41 Å². The number of hydrogen-bond acceptors (Lipinski definition) is 5. The molecule has 0 spiro atoms. The van der Waals surface area contributed by atoms with Crippen LogP contribution < -0.4 is 15.8 Å². The van der Waals surface area contributed by atoms with Crippen molar-refractivity contribution in [3.8, 4) is 16.9 Å². The normalized spacial score (nSPS) is 11.7. The van der Waals surface area contributed by atoms with Crippen LogP contribution in [0.15, 0.2) is 85.2 Å². The highest BCUT2D eigenvalue weighted by molar-refractivity contribution is 6.04. The molecule has 42 heavy (non-hydrogen) atoms. The molecule has 1 unspecified atom stereocenters. The molecule has 2 heterocycles. The van der Waals surface area contributed by atoms with Crippen molar-refractivity contribution >= 4 is 28.6 Å². The molecule has 212 valence electrons. The lowest BCUT2D eigenvalue weighted by molar-refractivity contribution is 0.0696. The van der Waals surface area contributed by atoms with Gasteiger partial charge in [-0.05, 0) is 59.0 Å². The van der Waals surface area contributed by atoms with Gasteiger partial charge in [-0.25, -0.2) is 4.79 Å². The zero-order valence-electron chi connectivity index (χ0n) is 23.3. The largest absolute Gasteiger partial charge is 0.496 e. The molecule has 0 bridgehead atoms. The predicted molar refractivity (Wildman–Crippen MR) is 162 cm³/mol. The van der Waals surface area contributed by atoms with Gasteiger partial charge in [0.25, 0.3) is 5.91 Å². The van der Waals surface area contributed by atoms with E-state index in [9.17, 15) is 14.7 Å². The molecular formula is C33H31N5O4. The average molecular weight is 562 g/mol. The molecule has 5 aromatic rings. The number of carboxylic acids is 1. The van der Waals surface area contributed by atoms with Crippen LogP contribution in [-0.4, -0.2) is 39.9 Å². The lowest BCUT2D eigenvalue weighted by Crippen LogP contribution is -2.24. The number of pyridine rings is 1. The molecule has 9 heteroatoms. The summed E-state index contributed by atoms with van der Waals surface area (Å²) in [4.78, 5) is 33.4. The summed E-state index contributed by atoms with van der Waals surface area (Å²) in [6.07, 6.45) is 4.33. The van der Waals surface area contributed by atoms with Crippen molar-refractivity contribution in [2.45, 2.75) is 25.8 Å². The summed E-state index contributed by atoms with van der Waals surface area (Å²) in [5.74, 6) is -1.47. The number of benzene rings is 3. The summed E-state index contributed by atoms with van der Waals surface area (Å²) in [7, 11) is 1.41. The van der Waals surface area contributed by atoms with Crippen LogP contribution in [0.1, 0.15) is 62.4 Å². The summed E-state index contributed by atoms with van der Waals surface area (Å²) in [6.45, 7) is 2.28. The van der Waals surface area contributed by atoms with Crippen LogP contribution in [0.4, 0.5) is 0 Å². The van der Waals surface area contributed by atoms with Crippen molar-refractivity contribution in [3.05, 3.63) is 119 Å². The molecule has 1 amide bonds. The lowest BCUT2D eigenvalue weighted by Gasteiger charge is -2.21. The van der Waals surface area contributed by atoms with Crippen LogP contribution in [0.3, 0.4) is 0 Å². The van der Waals surface area contributed by atoms with E-state index in [1.54, 1.807) is 18.3 Å². The average Bonchev–Trinajstić information content (AvgIpc) is 3.43. The number of amides is 1. The molecule has 1 atom stereocenters. The number of aromatic nitrogens is 2. The quantitative estimate of drug-likeness (QED) is 0.109. The zero-order valence-corrected chi connectivity index (χ0v) is 23.3. The van der Waals surface area contributed by atoms with Crippen molar-refractivity contribution < 1.29 is 19.4 Å².